The normalized spacial score (nSPS) is 11.2. The Balaban J connectivity index is 6.05. The fraction of sp³-hybridized carbons (Fsp3) is 0. The number of thiocarbonyl (C=S) groups is 2. The van der Waals surface area contributed by atoms with Crippen LogP contribution in [0.3, 0.4) is 0 Å². The van der Waals surface area contributed by atoms with Gasteiger partial charge in [-0.05, 0) is 0 Å². The second-order valence-electron chi connectivity index (χ2n) is 2.55. The molecule has 0 aromatic rings. The Morgan fingerprint density at radius 1 is 0.889 bits per heavy atom. The number of rotatable bonds is 4. The molecule has 0 atom stereocenters. The lowest BCUT2D eigenvalue weighted by atomic mass is 10.0. The van der Waals surface area contributed by atoms with Crippen LogP contribution in [0.4, 0.5) is 0 Å². The monoisotopic (exact) mass is 354 g/mol. The number of hydrogen-bond acceptors (Lipinski definition) is 4. The van der Waals surface area contributed by atoms with E-state index in [1.165, 1.54) is 0 Å². The summed E-state index contributed by atoms with van der Waals surface area (Å²) in [5.74, 6) is 0. The summed E-state index contributed by atoms with van der Waals surface area (Å²) in [5.41, 5.74) is 1.63. The van der Waals surface area contributed by atoms with Crippen LogP contribution in [0.25, 0.3) is 0 Å². The third kappa shape index (κ3) is 4.33. The Kier molecular flexibility index (Phi) is 8.39. The van der Waals surface area contributed by atoms with E-state index in [0.717, 1.165) is 11.1 Å². The summed E-state index contributed by atoms with van der Waals surface area (Å²) in [5, 5.41) is 17.7. The van der Waals surface area contributed by atoms with Gasteiger partial charge in [-0.15, -0.1) is 0 Å². The highest BCUT2D eigenvalue weighted by Crippen LogP contribution is 2.23. The Morgan fingerprint density at radius 3 is 1.44 bits per heavy atom. The van der Waals surface area contributed by atoms with Crippen molar-refractivity contribution in [1.82, 2.24) is 0 Å². The van der Waals surface area contributed by atoms with Crippen molar-refractivity contribution in [3.63, 3.8) is 0 Å². The molecule has 0 aliphatic heterocycles. The maximum atomic E-state index is 8.86. The molecule has 0 heterocycles. The van der Waals surface area contributed by atoms with Crippen molar-refractivity contribution >= 4 is 80.6 Å². The van der Waals surface area contributed by atoms with Crippen LogP contribution in [0.1, 0.15) is 0 Å². The molecule has 0 radical (unpaired) electrons. The summed E-state index contributed by atoms with van der Waals surface area (Å²) in [7, 11) is 0. The van der Waals surface area contributed by atoms with E-state index >= 15 is 0 Å². The fourth-order valence-corrected chi connectivity index (χ4v) is 1.93. The van der Waals surface area contributed by atoms with Gasteiger partial charge < -0.3 is 0 Å². The molecule has 0 amide bonds. The Bertz CT molecular complexity index is 513. The molecular weight excluding hydrogens is 354 g/mol. The summed E-state index contributed by atoms with van der Waals surface area (Å²) in [4.78, 5) is -0.0992. The minimum Gasteiger partial charge on any atom is -0.192 e. The molecule has 0 aromatic carbocycles. The summed E-state index contributed by atoms with van der Waals surface area (Å²) in [6.45, 7) is 0. The van der Waals surface area contributed by atoms with Gasteiger partial charge in [0.05, 0.1) is 19.8 Å². The van der Waals surface area contributed by atoms with Gasteiger partial charge in [-0.1, -0.05) is 70.8 Å². The van der Waals surface area contributed by atoms with Gasteiger partial charge in [0, 0.05) is 16.6 Å². The zero-order valence-corrected chi connectivity index (χ0v) is 13.0. The first-order valence-corrected chi connectivity index (χ1v) is 6.44. The van der Waals surface area contributed by atoms with Gasteiger partial charge in [0.2, 0.25) is 0 Å². The molecule has 0 saturated carbocycles. The van der Waals surface area contributed by atoms with E-state index in [9.17, 15) is 0 Å². The van der Waals surface area contributed by atoms with E-state index in [2.05, 4.69) is 0 Å². The number of halogens is 4. The lowest BCUT2D eigenvalue weighted by Crippen LogP contribution is -2.12. The Hall–Kier alpha value is -0.460. The van der Waals surface area contributed by atoms with E-state index in [1.807, 2.05) is 0 Å². The lowest BCUT2D eigenvalue weighted by molar-refractivity contribution is 1.46. The molecule has 0 saturated heterocycles. The predicted octanol–water partition coefficient (Wildman–Crippen LogP) is 4.71. The van der Waals surface area contributed by atoms with E-state index in [0.29, 0.717) is 0 Å². The summed E-state index contributed by atoms with van der Waals surface area (Å²) >= 11 is 32.3. The number of hydrogen-bond donors (Lipinski definition) is 0. The average molecular weight is 356 g/mol. The molecule has 0 rings (SSSR count). The second-order valence-corrected chi connectivity index (χ2v) is 4.61. The highest BCUT2D eigenvalue weighted by Gasteiger charge is 2.21. The first kappa shape index (κ1) is 17.5. The molecule has 2 nitrogen and oxygen atoms in total. The van der Waals surface area contributed by atoms with Crippen LogP contribution in [-0.4, -0.2) is 9.73 Å². The van der Waals surface area contributed by atoms with Gasteiger partial charge in [-0.25, -0.2) is 0 Å². The summed E-state index contributed by atoms with van der Waals surface area (Å²) < 4.78 is 0. The molecule has 0 aliphatic carbocycles. The molecule has 8 heteroatoms. The van der Waals surface area contributed by atoms with Crippen LogP contribution in [0.15, 0.2) is 32.3 Å². The van der Waals surface area contributed by atoms with Crippen molar-refractivity contribution in [2.45, 2.75) is 0 Å². The number of nitrogens with zero attached hydrogens (tertiary/aromatic N) is 2. The first-order chi connectivity index (χ1) is 8.44. The quantitative estimate of drug-likeness (QED) is 0.416. The van der Waals surface area contributed by atoms with Crippen molar-refractivity contribution in [3.8, 4) is 12.1 Å². The number of nitriles is 2. The topological polar surface area (TPSA) is 47.6 Å². The van der Waals surface area contributed by atoms with Gasteiger partial charge in [0.1, 0.15) is 17.7 Å². The van der Waals surface area contributed by atoms with Crippen molar-refractivity contribution in [2.75, 3.05) is 0 Å². The minimum absolute atomic E-state index is 0.0361. The maximum Gasteiger partial charge on any atom is 0.139 e. The average Bonchev–Trinajstić information content (AvgIpc) is 2.41. The highest BCUT2D eigenvalue weighted by atomic mass is 35.5. The van der Waals surface area contributed by atoms with Crippen molar-refractivity contribution < 1.29 is 0 Å². The molecule has 0 aromatic heterocycles. The van der Waals surface area contributed by atoms with Gasteiger partial charge >= 0.3 is 0 Å². The molecule has 18 heavy (non-hydrogen) atoms. The summed E-state index contributed by atoms with van der Waals surface area (Å²) in [6, 6.07) is 3.31. The smallest absolute Gasteiger partial charge is 0.139 e. The minimum atomic E-state index is -0.321. The highest BCUT2D eigenvalue weighted by molar-refractivity contribution is 7.83. The standard InChI is InChI=1S/C10H2Cl4N2S2/c11-1-6(13)9(17)8(5(3-15)4-16)10(18)7(14)2-12/h1-2H. The van der Waals surface area contributed by atoms with Crippen LogP contribution in [0.5, 0.6) is 0 Å². The molecule has 92 valence electrons. The van der Waals surface area contributed by atoms with Crippen molar-refractivity contribution in [3.05, 3.63) is 32.3 Å². The Morgan fingerprint density at radius 2 is 1.22 bits per heavy atom. The molecule has 0 N–H and O–H groups in total. The molecule has 0 bridgehead atoms. The largest absolute Gasteiger partial charge is 0.192 e. The van der Waals surface area contributed by atoms with Crippen molar-refractivity contribution in [1.29, 1.82) is 10.5 Å². The SMILES string of the molecule is N#CC(C#N)=C(C(=S)C(Cl)=CCl)C(=S)C(Cl)=CCl. The van der Waals surface area contributed by atoms with E-state index in [1.54, 1.807) is 12.1 Å². The van der Waals surface area contributed by atoms with Crippen LogP contribution >= 0.6 is 70.8 Å². The van der Waals surface area contributed by atoms with E-state index in [4.69, 9.17) is 81.4 Å². The van der Waals surface area contributed by atoms with Gasteiger partial charge in [0.15, 0.2) is 0 Å². The zero-order chi connectivity index (χ0) is 14.3. The molecular formula is C10H2Cl4N2S2. The van der Waals surface area contributed by atoms with Gasteiger partial charge in [0.25, 0.3) is 0 Å². The number of allylic oxidation sites excluding steroid dienone is 4. The molecule has 0 aliphatic rings. The van der Waals surface area contributed by atoms with Gasteiger partial charge in [-0.3, -0.25) is 0 Å². The molecule has 0 fully saturated rings. The Labute approximate surface area is 135 Å². The first-order valence-electron chi connectivity index (χ1n) is 4.00. The second kappa shape index (κ2) is 8.61. The van der Waals surface area contributed by atoms with Crippen molar-refractivity contribution in [2.24, 2.45) is 0 Å². The van der Waals surface area contributed by atoms with Crippen LogP contribution in [0, 0.1) is 22.7 Å². The molecule has 0 unspecified atom stereocenters. The third-order valence-corrected chi connectivity index (χ3v) is 3.88. The molecule has 0 spiro atoms. The summed E-state index contributed by atoms with van der Waals surface area (Å²) in [6.07, 6.45) is 0. The van der Waals surface area contributed by atoms with E-state index in [-0.39, 0.29) is 30.9 Å². The van der Waals surface area contributed by atoms with Crippen LogP contribution < -0.4 is 0 Å². The predicted molar refractivity (Wildman–Crippen MR) is 83.0 cm³/mol. The van der Waals surface area contributed by atoms with Gasteiger partial charge in [-0.2, -0.15) is 10.5 Å². The van der Waals surface area contributed by atoms with Crippen LogP contribution in [-0.2, 0) is 0 Å². The zero-order valence-electron chi connectivity index (χ0n) is 8.38. The van der Waals surface area contributed by atoms with Crippen LogP contribution in [0.2, 0.25) is 0 Å². The van der Waals surface area contributed by atoms with E-state index < -0.39 is 0 Å². The fourth-order valence-electron chi connectivity index (χ4n) is 0.805. The third-order valence-electron chi connectivity index (χ3n) is 1.55. The maximum absolute atomic E-state index is 8.86. The lowest BCUT2D eigenvalue weighted by Gasteiger charge is -2.08.